The number of hydrogen-bond acceptors (Lipinski definition) is 2. The van der Waals surface area contributed by atoms with Crippen LogP contribution in [0.3, 0.4) is 0 Å². The van der Waals surface area contributed by atoms with Gasteiger partial charge in [0.1, 0.15) is 0 Å². The van der Waals surface area contributed by atoms with Crippen LogP contribution < -0.4 is 0 Å². The molecule has 0 unspecified atom stereocenters. The number of fused-ring (bicyclic) bond motifs is 1. The Morgan fingerprint density at radius 1 is 1.25 bits per heavy atom. The molecule has 2 aliphatic rings. The van der Waals surface area contributed by atoms with Crippen molar-refractivity contribution in [3.05, 3.63) is 23.6 Å². The Kier molecular flexibility index (Phi) is 0.889. The second kappa shape index (κ2) is 1.57. The van der Waals surface area contributed by atoms with Crippen LogP contribution in [0.1, 0.15) is 0 Å². The summed E-state index contributed by atoms with van der Waals surface area (Å²) in [7, 11) is 3.64. The van der Waals surface area contributed by atoms with E-state index < -0.39 is 0 Å². The molecule has 0 bridgehead atoms. The molecular formula is C6H4S2. The summed E-state index contributed by atoms with van der Waals surface area (Å²) in [6.07, 6.45) is 0. The highest BCUT2D eigenvalue weighted by atomic mass is 32.9. The molecule has 0 radical (unpaired) electrons. The van der Waals surface area contributed by atoms with Crippen molar-refractivity contribution in [3.8, 4) is 10.4 Å². The zero-order valence-electron chi connectivity index (χ0n) is 4.13. The van der Waals surface area contributed by atoms with Gasteiger partial charge in [-0.05, 0) is 6.07 Å². The molecule has 1 heterocycles. The average molecular weight is 140 g/mol. The van der Waals surface area contributed by atoms with E-state index in [4.69, 9.17) is 0 Å². The minimum atomic E-state index is 1.39. The minimum absolute atomic E-state index is 1.39. The van der Waals surface area contributed by atoms with E-state index in [0.717, 1.165) is 0 Å². The molecule has 0 fully saturated rings. The van der Waals surface area contributed by atoms with Gasteiger partial charge >= 0.3 is 0 Å². The van der Waals surface area contributed by atoms with Gasteiger partial charge in [-0.1, -0.05) is 32.8 Å². The van der Waals surface area contributed by atoms with Gasteiger partial charge in [-0.25, -0.2) is 0 Å². The maximum atomic E-state index is 2.18. The molecule has 2 heteroatoms. The molecule has 0 aromatic heterocycles. The Hall–Kier alpha value is -0.340. The molecule has 1 aliphatic heterocycles. The van der Waals surface area contributed by atoms with Crippen LogP contribution in [0.5, 0.6) is 0 Å². The van der Waals surface area contributed by atoms with E-state index >= 15 is 0 Å². The van der Waals surface area contributed by atoms with E-state index in [1.807, 2.05) is 10.3 Å². The van der Waals surface area contributed by atoms with Crippen LogP contribution in [0, 0.1) is 0 Å². The van der Waals surface area contributed by atoms with Crippen molar-refractivity contribution in [1.29, 1.82) is 0 Å². The van der Waals surface area contributed by atoms with Crippen LogP contribution >= 0.6 is 20.7 Å². The largest absolute Gasteiger partial charge is 0.0874 e. The lowest BCUT2D eigenvalue weighted by molar-refractivity contribution is 2.01. The van der Waals surface area contributed by atoms with Crippen molar-refractivity contribution < 1.29 is 0 Å². The van der Waals surface area contributed by atoms with Gasteiger partial charge in [0.2, 0.25) is 0 Å². The van der Waals surface area contributed by atoms with Crippen LogP contribution in [0.15, 0.2) is 23.6 Å². The third-order valence-electron chi connectivity index (χ3n) is 1.12. The fourth-order valence-corrected chi connectivity index (χ4v) is 2.83. The second-order valence-corrected chi connectivity index (χ2v) is 3.75. The first-order valence-corrected chi connectivity index (χ1v) is 4.60. The lowest BCUT2D eigenvalue weighted by atomic mass is 10.4. The molecule has 0 aromatic rings. The summed E-state index contributed by atoms with van der Waals surface area (Å²) >= 11 is 0. The standard InChI is InChI=1S/C6H4S2/c1-2-5-4-7-8-6(5)3-1/h1-4H. The lowest BCUT2D eigenvalue weighted by Crippen LogP contribution is -1.50. The van der Waals surface area contributed by atoms with Gasteiger partial charge in [0.05, 0.1) is 0 Å². The fraction of sp³-hybridized carbons (Fsp3) is 0. The maximum absolute atomic E-state index is 2.18. The molecule has 0 saturated carbocycles. The Labute approximate surface area is 55.1 Å². The molecule has 0 aromatic carbocycles. The predicted molar refractivity (Wildman–Crippen MR) is 38.8 cm³/mol. The van der Waals surface area contributed by atoms with E-state index in [1.165, 1.54) is 10.4 Å². The normalized spacial score (nSPS) is 10.5. The molecule has 2 rings (SSSR count). The van der Waals surface area contributed by atoms with Gasteiger partial charge in [-0.15, -0.1) is 0 Å². The van der Waals surface area contributed by atoms with Crippen LogP contribution in [0.2, 0.25) is 0 Å². The van der Waals surface area contributed by atoms with Gasteiger partial charge in [0.25, 0.3) is 0 Å². The van der Waals surface area contributed by atoms with Gasteiger partial charge < -0.3 is 0 Å². The van der Waals surface area contributed by atoms with Crippen molar-refractivity contribution in [2.75, 3.05) is 0 Å². The Morgan fingerprint density at radius 2 is 2.25 bits per heavy atom. The van der Waals surface area contributed by atoms with Crippen molar-refractivity contribution in [1.82, 2.24) is 0 Å². The molecule has 40 valence electrons. The fourth-order valence-electron chi connectivity index (χ4n) is 0.719. The van der Waals surface area contributed by atoms with Gasteiger partial charge in [-0.2, -0.15) is 0 Å². The third-order valence-corrected chi connectivity index (χ3v) is 3.23. The van der Waals surface area contributed by atoms with Crippen LogP contribution in [0.4, 0.5) is 0 Å². The van der Waals surface area contributed by atoms with Gasteiger partial charge in [0, 0.05) is 15.8 Å². The zero-order valence-corrected chi connectivity index (χ0v) is 5.76. The van der Waals surface area contributed by atoms with Crippen molar-refractivity contribution >= 4 is 20.7 Å². The van der Waals surface area contributed by atoms with E-state index in [-0.39, 0.29) is 0 Å². The summed E-state index contributed by atoms with van der Waals surface area (Å²) in [5, 5.41) is 2.18. The molecule has 0 nitrogen and oxygen atoms in total. The summed E-state index contributed by atoms with van der Waals surface area (Å²) in [6, 6.07) is 6.38. The van der Waals surface area contributed by atoms with Crippen LogP contribution in [-0.4, -0.2) is 0 Å². The molecule has 0 atom stereocenters. The first-order valence-electron chi connectivity index (χ1n) is 2.39. The molecule has 0 N–H and O–H groups in total. The monoisotopic (exact) mass is 140 g/mol. The Balaban J connectivity index is 2.84. The Bertz CT molecular complexity index is 198. The van der Waals surface area contributed by atoms with Crippen molar-refractivity contribution in [3.63, 3.8) is 0 Å². The molecule has 1 aliphatic carbocycles. The SMILES string of the molecule is c1cc2cssc-2c1. The highest BCUT2D eigenvalue weighted by molar-refractivity contribution is 7.70. The van der Waals surface area contributed by atoms with Crippen molar-refractivity contribution in [2.45, 2.75) is 0 Å². The number of rotatable bonds is 0. The molecule has 8 heavy (non-hydrogen) atoms. The van der Waals surface area contributed by atoms with E-state index in [1.54, 1.807) is 10.3 Å². The quantitative estimate of drug-likeness (QED) is 0.493. The lowest BCUT2D eigenvalue weighted by Gasteiger charge is -1.75. The zero-order chi connectivity index (χ0) is 5.40. The summed E-state index contributed by atoms with van der Waals surface area (Å²) < 4.78 is 0. The summed E-state index contributed by atoms with van der Waals surface area (Å²) in [6.45, 7) is 0. The molecule has 0 spiro atoms. The topological polar surface area (TPSA) is 0 Å². The van der Waals surface area contributed by atoms with Crippen LogP contribution in [-0.2, 0) is 0 Å². The van der Waals surface area contributed by atoms with Gasteiger partial charge in [-0.3, -0.25) is 0 Å². The first-order chi connectivity index (χ1) is 3.97. The van der Waals surface area contributed by atoms with Gasteiger partial charge in [0.15, 0.2) is 0 Å². The van der Waals surface area contributed by atoms with E-state index in [9.17, 15) is 0 Å². The summed E-state index contributed by atoms with van der Waals surface area (Å²) in [5.41, 5.74) is 1.39. The van der Waals surface area contributed by atoms with E-state index in [0.29, 0.717) is 0 Å². The van der Waals surface area contributed by atoms with E-state index in [2.05, 4.69) is 23.6 Å². The van der Waals surface area contributed by atoms with Crippen molar-refractivity contribution in [2.24, 2.45) is 0 Å². The molecule has 0 amide bonds. The highest BCUT2D eigenvalue weighted by Crippen LogP contribution is 2.32. The van der Waals surface area contributed by atoms with Crippen LogP contribution in [0.25, 0.3) is 10.4 Å². The molecule has 0 saturated heterocycles. The number of hydrogen-bond donors (Lipinski definition) is 0. The third kappa shape index (κ3) is 0.501. The second-order valence-electron chi connectivity index (χ2n) is 1.64. The minimum Gasteiger partial charge on any atom is -0.0874 e. The average Bonchev–Trinajstić information content (AvgIpc) is 2.15. The molecular weight excluding hydrogens is 136 g/mol. The maximum Gasteiger partial charge on any atom is 0.0457 e. The summed E-state index contributed by atoms with van der Waals surface area (Å²) in [4.78, 5) is 1.41. The predicted octanol–water partition coefficient (Wildman–Crippen LogP) is 2.91. The Morgan fingerprint density at radius 3 is 3.12 bits per heavy atom. The first kappa shape index (κ1) is 4.53. The highest BCUT2D eigenvalue weighted by Gasteiger charge is 1.99. The smallest absolute Gasteiger partial charge is 0.0457 e. The summed E-state index contributed by atoms with van der Waals surface area (Å²) in [5.74, 6) is 0.